The third-order valence-electron chi connectivity index (χ3n) is 4.31. The highest BCUT2D eigenvalue weighted by atomic mass is 16.5. The second-order valence-corrected chi connectivity index (χ2v) is 5.77. The summed E-state index contributed by atoms with van der Waals surface area (Å²) in [6.45, 7) is 5.16. The zero-order valence-electron chi connectivity index (χ0n) is 12.5. The van der Waals surface area contributed by atoms with Crippen molar-refractivity contribution in [1.82, 2.24) is 5.32 Å². The molecule has 106 valence electrons. The van der Waals surface area contributed by atoms with Gasteiger partial charge in [-0.15, -0.1) is 0 Å². The fourth-order valence-corrected chi connectivity index (χ4v) is 3.45. The predicted octanol–water partition coefficient (Wildman–Crippen LogP) is 4.17. The van der Waals surface area contributed by atoms with Crippen LogP contribution in [0.25, 0.3) is 0 Å². The van der Waals surface area contributed by atoms with Gasteiger partial charge in [-0.1, -0.05) is 38.0 Å². The summed E-state index contributed by atoms with van der Waals surface area (Å²) in [5, 5.41) is 3.53. The van der Waals surface area contributed by atoms with E-state index in [9.17, 15) is 0 Å². The summed E-state index contributed by atoms with van der Waals surface area (Å²) >= 11 is 0. The van der Waals surface area contributed by atoms with E-state index in [0.29, 0.717) is 6.04 Å². The average molecular weight is 261 g/mol. The molecule has 0 aliphatic heterocycles. The number of hydrogen-bond donors (Lipinski definition) is 1. The fourth-order valence-electron chi connectivity index (χ4n) is 3.45. The van der Waals surface area contributed by atoms with Crippen LogP contribution in [0, 0.1) is 11.8 Å². The van der Waals surface area contributed by atoms with Gasteiger partial charge in [0, 0.05) is 11.6 Å². The van der Waals surface area contributed by atoms with Crippen molar-refractivity contribution in [2.24, 2.45) is 11.8 Å². The lowest BCUT2D eigenvalue weighted by Gasteiger charge is -2.34. The first-order chi connectivity index (χ1) is 9.26. The second-order valence-electron chi connectivity index (χ2n) is 5.77. The van der Waals surface area contributed by atoms with Gasteiger partial charge in [0.25, 0.3) is 0 Å². The quantitative estimate of drug-likeness (QED) is 0.859. The highest BCUT2D eigenvalue weighted by molar-refractivity contribution is 5.36. The monoisotopic (exact) mass is 261 g/mol. The van der Waals surface area contributed by atoms with Gasteiger partial charge in [0.15, 0.2) is 0 Å². The van der Waals surface area contributed by atoms with E-state index in [1.165, 1.54) is 31.2 Å². The second kappa shape index (κ2) is 6.95. The molecule has 0 radical (unpaired) electrons. The fraction of sp³-hybridized carbons (Fsp3) is 0.647. The number of hydrogen-bond acceptors (Lipinski definition) is 2. The first-order valence-electron chi connectivity index (χ1n) is 7.65. The van der Waals surface area contributed by atoms with Gasteiger partial charge in [0.05, 0.1) is 6.61 Å². The summed E-state index contributed by atoms with van der Waals surface area (Å²) in [5.41, 5.74) is 1.32. The Labute approximate surface area is 117 Å². The van der Waals surface area contributed by atoms with E-state index < -0.39 is 0 Å². The molecule has 2 nitrogen and oxygen atoms in total. The number of rotatable bonds is 5. The van der Waals surface area contributed by atoms with Crippen molar-refractivity contribution in [1.29, 1.82) is 0 Å². The van der Waals surface area contributed by atoms with Gasteiger partial charge in [-0.25, -0.2) is 0 Å². The molecular formula is C17H27NO. The summed E-state index contributed by atoms with van der Waals surface area (Å²) in [5.74, 6) is 2.63. The summed E-state index contributed by atoms with van der Waals surface area (Å²) in [4.78, 5) is 0. The Balaban J connectivity index is 2.20. The van der Waals surface area contributed by atoms with Gasteiger partial charge >= 0.3 is 0 Å². The molecule has 19 heavy (non-hydrogen) atoms. The van der Waals surface area contributed by atoms with Crippen molar-refractivity contribution in [2.45, 2.75) is 45.6 Å². The van der Waals surface area contributed by atoms with Crippen molar-refractivity contribution in [2.75, 3.05) is 13.7 Å². The Morgan fingerprint density at radius 3 is 2.79 bits per heavy atom. The van der Waals surface area contributed by atoms with Crippen LogP contribution in [0.1, 0.15) is 51.1 Å². The van der Waals surface area contributed by atoms with Crippen molar-refractivity contribution in [3.05, 3.63) is 29.8 Å². The molecule has 2 rings (SSSR count). The molecule has 3 atom stereocenters. The predicted molar refractivity (Wildman–Crippen MR) is 80.5 cm³/mol. The average Bonchev–Trinajstić information content (AvgIpc) is 2.42. The lowest BCUT2D eigenvalue weighted by Crippen LogP contribution is -2.29. The largest absolute Gasteiger partial charge is 0.494 e. The van der Waals surface area contributed by atoms with E-state index in [2.05, 4.69) is 43.6 Å². The molecule has 1 saturated carbocycles. The summed E-state index contributed by atoms with van der Waals surface area (Å²) in [6.07, 6.45) is 5.41. The minimum absolute atomic E-state index is 0.422. The van der Waals surface area contributed by atoms with Crippen LogP contribution in [0.2, 0.25) is 0 Å². The molecule has 1 N–H and O–H groups in total. The van der Waals surface area contributed by atoms with Crippen LogP contribution in [-0.2, 0) is 0 Å². The van der Waals surface area contributed by atoms with E-state index in [1.54, 1.807) is 0 Å². The van der Waals surface area contributed by atoms with E-state index in [1.807, 2.05) is 6.92 Å². The number of para-hydroxylation sites is 1. The Hall–Kier alpha value is -1.02. The lowest BCUT2D eigenvalue weighted by atomic mass is 9.76. The molecular weight excluding hydrogens is 234 g/mol. The van der Waals surface area contributed by atoms with Crippen molar-refractivity contribution in [3.8, 4) is 5.75 Å². The van der Waals surface area contributed by atoms with Crippen LogP contribution in [0.15, 0.2) is 24.3 Å². The van der Waals surface area contributed by atoms with E-state index in [-0.39, 0.29) is 0 Å². The molecule has 2 heteroatoms. The Morgan fingerprint density at radius 2 is 2.11 bits per heavy atom. The maximum absolute atomic E-state index is 5.80. The lowest BCUT2D eigenvalue weighted by molar-refractivity contribution is 0.225. The minimum atomic E-state index is 0.422. The number of ether oxygens (including phenoxy) is 1. The molecule has 1 fully saturated rings. The highest BCUT2D eigenvalue weighted by Crippen LogP contribution is 2.39. The minimum Gasteiger partial charge on any atom is -0.494 e. The van der Waals surface area contributed by atoms with Gasteiger partial charge in [0.1, 0.15) is 5.75 Å². The van der Waals surface area contributed by atoms with Crippen LogP contribution < -0.4 is 10.1 Å². The van der Waals surface area contributed by atoms with Crippen molar-refractivity contribution >= 4 is 0 Å². The molecule has 1 aliphatic carbocycles. The Morgan fingerprint density at radius 1 is 1.32 bits per heavy atom. The summed E-state index contributed by atoms with van der Waals surface area (Å²) < 4.78 is 5.80. The highest BCUT2D eigenvalue weighted by Gasteiger charge is 2.28. The van der Waals surface area contributed by atoms with Gasteiger partial charge in [0.2, 0.25) is 0 Å². The molecule has 0 aromatic heterocycles. The maximum atomic E-state index is 5.80. The third kappa shape index (κ3) is 3.50. The van der Waals surface area contributed by atoms with Crippen LogP contribution in [0.4, 0.5) is 0 Å². The first-order valence-corrected chi connectivity index (χ1v) is 7.65. The van der Waals surface area contributed by atoms with Crippen LogP contribution in [-0.4, -0.2) is 13.7 Å². The normalized spacial score (nSPS) is 25.0. The molecule has 3 unspecified atom stereocenters. The first kappa shape index (κ1) is 14.4. The number of benzene rings is 1. The molecule has 0 spiro atoms. The Bertz CT molecular complexity index is 391. The molecule has 0 saturated heterocycles. The van der Waals surface area contributed by atoms with Gasteiger partial charge < -0.3 is 10.1 Å². The Kier molecular flexibility index (Phi) is 5.26. The van der Waals surface area contributed by atoms with Crippen molar-refractivity contribution in [3.63, 3.8) is 0 Å². The van der Waals surface area contributed by atoms with E-state index >= 15 is 0 Å². The van der Waals surface area contributed by atoms with Crippen LogP contribution in [0.5, 0.6) is 5.75 Å². The molecule has 1 aliphatic rings. The summed E-state index contributed by atoms with van der Waals surface area (Å²) in [7, 11) is 2.08. The van der Waals surface area contributed by atoms with Crippen LogP contribution >= 0.6 is 0 Å². The smallest absolute Gasteiger partial charge is 0.124 e. The molecule has 0 bridgehead atoms. The van der Waals surface area contributed by atoms with Gasteiger partial charge in [-0.2, -0.15) is 0 Å². The van der Waals surface area contributed by atoms with Gasteiger partial charge in [-0.3, -0.25) is 0 Å². The molecule has 0 heterocycles. The van der Waals surface area contributed by atoms with E-state index in [0.717, 1.165) is 24.2 Å². The van der Waals surface area contributed by atoms with Gasteiger partial charge in [-0.05, 0) is 44.7 Å². The molecule has 1 aromatic rings. The standard InChI is InChI=1S/C17H27NO/c1-4-19-16-11-6-5-10-15(16)17(18-3)14-9-7-8-13(2)12-14/h5-6,10-11,13-14,17-18H,4,7-9,12H2,1-3H3. The number of nitrogens with one attached hydrogen (secondary N) is 1. The molecule has 0 amide bonds. The van der Waals surface area contributed by atoms with Crippen LogP contribution in [0.3, 0.4) is 0 Å². The third-order valence-corrected chi connectivity index (χ3v) is 4.31. The zero-order valence-corrected chi connectivity index (χ0v) is 12.5. The topological polar surface area (TPSA) is 21.3 Å². The molecule has 1 aromatic carbocycles. The van der Waals surface area contributed by atoms with Crippen molar-refractivity contribution < 1.29 is 4.74 Å². The zero-order chi connectivity index (χ0) is 13.7. The SMILES string of the molecule is CCOc1ccccc1C(NC)C1CCCC(C)C1. The maximum Gasteiger partial charge on any atom is 0.124 e. The summed E-state index contributed by atoms with van der Waals surface area (Å²) in [6, 6.07) is 8.91. The van der Waals surface area contributed by atoms with E-state index in [4.69, 9.17) is 4.74 Å².